The molecule has 1 N–H and O–H groups in total. The molecule has 1 heterocycles. The summed E-state index contributed by atoms with van der Waals surface area (Å²) in [4.78, 5) is 15.9. The van der Waals surface area contributed by atoms with Gasteiger partial charge in [-0.1, -0.05) is 44.2 Å². The van der Waals surface area contributed by atoms with Crippen LogP contribution in [-0.2, 0) is 24.9 Å². The monoisotopic (exact) mass is 591 g/mol. The molecule has 31 heavy (non-hydrogen) atoms. The van der Waals surface area contributed by atoms with Gasteiger partial charge < -0.3 is 10.1 Å². The van der Waals surface area contributed by atoms with Crippen molar-refractivity contribution in [3.8, 4) is 11.3 Å². The van der Waals surface area contributed by atoms with E-state index in [1.165, 1.54) is 16.3 Å². The van der Waals surface area contributed by atoms with Crippen LogP contribution >= 0.6 is 0 Å². The number of aromatic nitrogens is 1. The molecule has 1 radical (unpaired) electrons. The number of aryl methyl sites for hydroxylation is 2. The van der Waals surface area contributed by atoms with Crippen molar-refractivity contribution in [2.24, 2.45) is 5.92 Å². The third-order valence-electron chi connectivity index (χ3n) is 6.00. The van der Waals surface area contributed by atoms with Crippen LogP contribution in [0.25, 0.3) is 22.0 Å². The van der Waals surface area contributed by atoms with Crippen molar-refractivity contribution in [1.29, 1.82) is 0 Å². The van der Waals surface area contributed by atoms with E-state index < -0.39 is 0 Å². The van der Waals surface area contributed by atoms with Crippen LogP contribution in [-0.4, -0.2) is 15.9 Å². The largest absolute Gasteiger partial charge is 0.512 e. The minimum Gasteiger partial charge on any atom is -0.512 e. The molecule has 5 rings (SSSR count). The Kier molecular flexibility index (Phi) is 7.80. The minimum absolute atomic E-state index is 0. The van der Waals surface area contributed by atoms with Gasteiger partial charge in [0.1, 0.15) is 0 Å². The van der Waals surface area contributed by atoms with Gasteiger partial charge in [-0.15, -0.1) is 34.9 Å². The van der Waals surface area contributed by atoms with Gasteiger partial charge in [0, 0.05) is 44.7 Å². The number of ketones is 1. The number of benzene rings is 2. The van der Waals surface area contributed by atoms with Gasteiger partial charge in [-0.25, -0.2) is 0 Å². The number of carbonyl (C=O) groups is 1. The van der Waals surface area contributed by atoms with E-state index >= 15 is 0 Å². The quantitative estimate of drug-likeness (QED) is 0.322. The Hall–Kier alpha value is -2.29. The molecule has 2 aliphatic rings. The molecular formula is C27H28IrNO2-. The summed E-state index contributed by atoms with van der Waals surface area (Å²) < 4.78 is 0. The molecule has 1 unspecified atom stereocenters. The smallest absolute Gasteiger partial charge is 0.162 e. The number of aliphatic hydroxyl groups excluding tert-OH is 1. The molecule has 0 amide bonds. The fraction of sp³-hybridized carbons (Fsp3) is 0.333. The number of nitrogens with zero attached hydrogens (tertiary/aromatic N) is 1. The Morgan fingerprint density at radius 2 is 1.71 bits per heavy atom. The molecule has 2 aromatic carbocycles. The summed E-state index contributed by atoms with van der Waals surface area (Å²) in [5, 5.41) is 11.9. The molecule has 1 aromatic heterocycles. The predicted molar refractivity (Wildman–Crippen MR) is 121 cm³/mol. The van der Waals surface area contributed by atoms with E-state index in [1.807, 2.05) is 12.3 Å². The maximum absolute atomic E-state index is 11.4. The van der Waals surface area contributed by atoms with Gasteiger partial charge in [0.15, 0.2) is 5.78 Å². The molecule has 0 spiro atoms. The first-order valence-electron chi connectivity index (χ1n) is 10.8. The number of rotatable bonds is 1. The van der Waals surface area contributed by atoms with E-state index in [9.17, 15) is 9.90 Å². The van der Waals surface area contributed by atoms with Crippen molar-refractivity contribution >= 4 is 16.6 Å². The first-order chi connectivity index (χ1) is 14.5. The van der Waals surface area contributed by atoms with E-state index in [1.54, 1.807) is 0 Å². The van der Waals surface area contributed by atoms with E-state index in [0.717, 1.165) is 54.5 Å². The SMILES string of the molecule is Cc1[c-]c(-c2cc3ccccc3cn2)cc(C)c1.O=C1CCCC2CCCC(O)=C12.[Ir]. The molecule has 1 fully saturated rings. The number of aliphatic hydroxyl groups is 1. The number of fused-ring (bicyclic) bond motifs is 2. The zero-order valence-electron chi connectivity index (χ0n) is 18.1. The second-order valence-corrected chi connectivity index (χ2v) is 8.44. The topological polar surface area (TPSA) is 50.2 Å². The van der Waals surface area contributed by atoms with Crippen LogP contribution in [0.4, 0.5) is 0 Å². The van der Waals surface area contributed by atoms with Crippen molar-refractivity contribution < 1.29 is 30.0 Å². The van der Waals surface area contributed by atoms with Gasteiger partial charge in [0.25, 0.3) is 0 Å². The predicted octanol–water partition coefficient (Wildman–Crippen LogP) is 6.67. The number of hydrogen-bond donors (Lipinski definition) is 1. The molecule has 1 atom stereocenters. The standard InChI is InChI=1S/C17H14N.C10H14O2.Ir/c1-12-7-13(2)9-16(8-12)17-10-14-5-3-4-6-15(14)11-18-17;11-8-5-1-3-7-4-2-6-9(12)10(7)8;/h3-8,10-11H,1-2H3;7,11H,1-6H2;/q-1;;. The Morgan fingerprint density at radius 3 is 2.42 bits per heavy atom. The normalized spacial score (nSPS) is 18.0. The van der Waals surface area contributed by atoms with Gasteiger partial charge in [0.05, 0.1) is 5.76 Å². The third kappa shape index (κ3) is 5.50. The second-order valence-electron chi connectivity index (χ2n) is 8.44. The van der Waals surface area contributed by atoms with E-state index in [0.29, 0.717) is 18.1 Å². The van der Waals surface area contributed by atoms with E-state index in [2.05, 4.69) is 61.3 Å². The Bertz CT molecular complexity index is 1100. The number of carbonyl (C=O) groups excluding carboxylic acids is 1. The summed E-state index contributed by atoms with van der Waals surface area (Å²) in [6.07, 6.45) is 7.56. The van der Waals surface area contributed by atoms with Crippen molar-refractivity contribution in [3.63, 3.8) is 0 Å². The van der Waals surface area contributed by atoms with E-state index in [-0.39, 0.29) is 25.9 Å². The molecule has 2 aliphatic carbocycles. The van der Waals surface area contributed by atoms with Gasteiger partial charge in [-0.3, -0.25) is 4.79 Å². The van der Waals surface area contributed by atoms with E-state index in [4.69, 9.17) is 0 Å². The van der Waals surface area contributed by atoms with Crippen LogP contribution in [0, 0.1) is 25.8 Å². The maximum atomic E-state index is 11.4. The molecule has 4 heteroatoms. The molecule has 163 valence electrons. The van der Waals surface area contributed by atoms with Gasteiger partial charge in [-0.2, -0.15) is 0 Å². The van der Waals surface area contributed by atoms with Crippen LogP contribution in [0.2, 0.25) is 0 Å². The van der Waals surface area contributed by atoms with Crippen molar-refractivity contribution in [3.05, 3.63) is 77.2 Å². The summed E-state index contributed by atoms with van der Waals surface area (Å²) in [6, 6.07) is 18.0. The maximum Gasteiger partial charge on any atom is 0.162 e. The van der Waals surface area contributed by atoms with Crippen molar-refractivity contribution in [2.45, 2.75) is 52.4 Å². The number of Topliss-reactive ketones (excluding diaryl/α,β-unsaturated/α-hetero) is 1. The molecule has 0 saturated heterocycles. The number of allylic oxidation sites excluding steroid dienone is 2. The number of pyridine rings is 1. The van der Waals surface area contributed by atoms with Crippen LogP contribution in [0.15, 0.2) is 60.0 Å². The summed E-state index contributed by atoms with van der Waals surface area (Å²) in [7, 11) is 0. The van der Waals surface area contributed by atoms with Crippen LogP contribution < -0.4 is 0 Å². The molecule has 0 aliphatic heterocycles. The first-order valence-corrected chi connectivity index (χ1v) is 10.8. The van der Waals surface area contributed by atoms with Crippen LogP contribution in [0.3, 0.4) is 0 Å². The summed E-state index contributed by atoms with van der Waals surface area (Å²) >= 11 is 0. The van der Waals surface area contributed by atoms with Crippen molar-refractivity contribution in [2.75, 3.05) is 0 Å². The molecular weight excluding hydrogens is 563 g/mol. The molecule has 1 saturated carbocycles. The molecule has 3 aromatic rings. The van der Waals surface area contributed by atoms with Gasteiger partial charge in [0.2, 0.25) is 0 Å². The Balaban J connectivity index is 0.000000183. The third-order valence-corrected chi connectivity index (χ3v) is 6.00. The Labute approximate surface area is 198 Å². The summed E-state index contributed by atoms with van der Waals surface area (Å²) in [5.41, 5.74) is 5.22. The minimum atomic E-state index is 0. The fourth-order valence-electron chi connectivity index (χ4n) is 4.62. The summed E-state index contributed by atoms with van der Waals surface area (Å²) in [6.45, 7) is 4.17. The van der Waals surface area contributed by atoms with Gasteiger partial charge >= 0.3 is 0 Å². The molecule has 0 bridgehead atoms. The molecule has 3 nitrogen and oxygen atoms in total. The fourth-order valence-corrected chi connectivity index (χ4v) is 4.62. The van der Waals surface area contributed by atoms with Crippen LogP contribution in [0.5, 0.6) is 0 Å². The second kappa shape index (κ2) is 10.3. The zero-order valence-corrected chi connectivity index (χ0v) is 20.5. The van der Waals surface area contributed by atoms with Crippen LogP contribution in [0.1, 0.15) is 49.7 Å². The average molecular weight is 591 g/mol. The first kappa shape index (κ1) is 23.4. The summed E-state index contributed by atoms with van der Waals surface area (Å²) in [5.74, 6) is 0.972. The average Bonchev–Trinajstić information content (AvgIpc) is 2.73. The zero-order chi connectivity index (χ0) is 21.1. The van der Waals surface area contributed by atoms with Gasteiger partial charge in [-0.05, 0) is 48.1 Å². The Morgan fingerprint density at radius 1 is 1.00 bits per heavy atom. The van der Waals surface area contributed by atoms with Crippen molar-refractivity contribution in [1.82, 2.24) is 4.98 Å². The number of hydrogen-bond acceptors (Lipinski definition) is 3.